The van der Waals surface area contributed by atoms with Crippen molar-refractivity contribution in [2.75, 3.05) is 31.5 Å². The summed E-state index contributed by atoms with van der Waals surface area (Å²) in [6, 6.07) is 18.8. The van der Waals surface area contributed by atoms with E-state index in [-0.39, 0.29) is 5.91 Å². The van der Waals surface area contributed by atoms with E-state index in [4.69, 9.17) is 4.74 Å². The van der Waals surface area contributed by atoms with Crippen molar-refractivity contribution in [2.45, 2.75) is 12.8 Å². The molecule has 2 amide bonds. The molecular weight excluding hydrogens is 500 g/mol. The number of carbonyl (C=O) groups is 2. The molecule has 0 bridgehead atoms. The summed E-state index contributed by atoms with van der Waals surface area (Å²) in [7, 11) is 0. The summed E-state index contributed by atoms with van der Waals surface area (Å²) in [5, 5.41) is 8.19. The van der Waals surface area contributed by atoms with Gasteiger partial charge in [0.1, 0.15) is 10.4 Å². The van der Waals surface area contributed by atoms with Crippen molar-refractivity contribution in [3.8, 4) is 11.6 Å². The molecule has 0 radical (unpaired) electrons. The molecule has 0 aliphatic carbocycles. The third kappa shape index (κ3) is 7.61. The fourth-order valence-corrected chi connectivity index (χ4v) is 4.59. The van der Waals surface area contributed by atoms with Crippen LogP contribution in [0.1, 0.15) is 23.2 Å². The number of nitrogens with two attached hydrogens (primary N) is 1. The number of nitrogens with zero attached hydrogens (tertiary/aromatic N) is 3. The Morgan fingerprint density at radius 1 is 1.05 bits per heavy atom. The number of rotatable bonds is 9. The molecule has 3 heterocycles. The highest BCUT2D eigenvalue weighted by molar-refractivity contribution is 7.17. The first kappa shape index (κ1) is 26.8. The number of amides is 2. The molecule has 5 rings (SSSR count). The highest BCUT2D eigenvalue weighted by Gasteiger charge is 2.13. The van der Waals surface area contributed by atoms with E-state index >= 15 is 0 Å². The lowest BCUT2D eigenvalue weighted by atomic mass is 10.2. The molecule has 0 spiro atoms. The van der Waals surface area contributed by atoms with Gasteiger partial charge >= 0.3 is 0 Å². The Hall–Kier alpha value is -4.28. The zero-order chi connectivity index (χ0) is 26.7. The molecule has 4 N–H and O–H groups in total. The average Bonchev–Trinajstić information content (AvgIpc) is 3.62. The predicted molar refractivity (Wildman–Crippen MR) is 151 cm³/mol. The van der Waals surface area contributed by atoms with Gasteiger partial charge in [-0.3, -0.25) is 9.59 Å². The second-order valence-corrected chi connectivity index (χ2v) is 9.43. The zero-order valence-electron chi connectivity index (χ0n) is 20.9. The SMILES string of the molecule is C=CC(N)=O.O=C(NCCN1CCCC1)c1ccc(Nc2nc(Oc3ccccc3)c3sccc3n2)cc1. The second kappa shape index (κ2) is 13.3. The van der Waals surface area contributed by atoms with Crippen molar-refractivity contribution >= 4 is 45.0 Å². The van der Waals surface area contributed by atoms with E-state index in [1.807, 2.05) is 53.9 Å². The molecule has 1 aliphatic rings. The predicted octanol–water partition coefficient (Wildman–Crippen LogP) is 4.71. The largest absolute Gasteiger partial charge is 0.437 e. The normalized spacial score (nSPS) is 12.8. The van der Waals surface area contributed by atoms with Crippen LogP contribution in [0.15, 0.2) is 78.7 Å². The van der Waals surface area contributed by atoms with E-state index in [9.17, 15) is 9.59 Å². The molecule has 10 heteroatoms. The summed E-state index contributed by atoms with van der Waals surface area (Å²) in [5.41, 5.74) is 6.78. The molecule has 2 aromatic carbocycles. The lowest BCUT2D eigenvalue weighted by molar-refractivity contribution is -0.113. The third-order valence-electron chi connectivity index (χ3n) is 5.75. The molecule has 0 saturated carbocycles. The number of nitrogens with one attached hydrogen (secondary N) is 2. The van der Waals surface area contributed by atoms with Crippen molar-refractivity contribution in [1.82, 2.24) is 20.2 Å². The van der Waals surface area contributed by atoms with Gasteiger partial charge in [0, 0.05) is 24.3 Å². The minimum absolute atomic E-state index is 0.0600. The van der Waals surface area contributed by atoms with Crippen LogP contribution in [-0.2, 0) is 4.79 Å². The van der Waals surface area contributed by atoms with Gasteiger partial charge in [-0.1, -0.05) is 24.8 Å². The first-order chi connectivity index (χ1) is 18.5. The Balaban J connectivity index is 0.000000617. The highest BCUT2D eigenvalue weighted by atomic mass is 32.1. The summed E-state index contributed by atoms with van der Waals surface area (Å²) in [4.78, 5) is 33.5. The first-order valence-electron chi connectivity index (χ1n) is 12.3. The molecule has 0 unspecified atom stereocenters. The number of fused-ring (bicyclic) bond motifs is 1. The number of thiophene rings is 1. The van der Waals surface area contributed by atoms with Gasteiger partial charge in [-0.15, -0.1) is 11.3 Å². The number of anilines is 2. The molecule has 2 aromatic heterocycles. The van der Waals surface area contributed by atoms with Crippen LogP contribution >= 0.6 is 11.3 Å². The summed E-state index contributed by atoms with van der Waals surface area (Å²) in [6.07, 6.45) is 3.57. The monoisotopic (exact) mass is 530 g/mol. The lowest BCUT2D eigenvalue weighted by Gasteiger charge is -2.14. The standard InChI is InChI=1S/C25H25N5O2S.C3H5NO/c31-23(26-13-16-30-14-4-5-15-30)18-8-10-19(11-9-18)27-25-28-21-12-17-33-22(21)24(29-25)32-20-6-2-1-3-7-20;1-2-3(4)5/h1-3,6-12,17H,4-5,13-16H2,(H,26,31)(H,27,28,29);2H,1H2,(H2,4,5). The fourth-order valence-electron chi connectivity index (χ4n) is 3.83. The summed E-state index contributed by atoms with van der Waals surface area (Å²) >= 11 is 1.54. The van der Waals surface area contributed by atoms with Crippen LogP contribution in [0.3, 0.4) is 0 Å². The molecule has 9 nitrogen and oxygen atoms in total. The zero-order valence-corrected chi connectivity index (χ0v) is 21.7. The van der Waals surface area contributed by atoms with E-state index in [1.54, 1.807) is 23.5 Å². The van der Waals surface area contributed by atoms with Crippen LogP contribution in [0.5, 0.6) is 11.6 Å². The van der Waals surface area contributed by atoms with Crippen LogP contribution in [0, 0.1) is 0 Å². The number of primary amides is 1. The molecule has 1 saturated heterocycles. The third-order valence-corrected chi connectivity index (χ3v) is 6.64. The van der Waals surface area contributed by atoms with Crippen molar-refractivity contribution in [3.63, 3.8) is 0 Å². The molecule has 1 fully saturated rings. The number of hydrogen-bond acceptors (Lipinski definition) is 8. The van der Waals surface area contributed by atoms with Gasteiger partial charge in [0.15, 0.2) is 0 Å². The van der Waals surface area contributed by atoms with E-state index < -0.39 is 5.91 Å². The molecule has 1 aliphatic heterocycles. The van der Waals surface area contributed by atoms with Crippen molar-refractivity contribution in [3.05, 3.63) is 84.3 Å². The minimum Gasteiger partial charge on any atom is -0.437 e. The van der Waals surface area contributed by atoms with Crippen molar-refractivity contribution < 1.29 is 14.3 Å². The Morgan fingerprint density at radius 2 is 1.76 bits per heavy atom. The van der Waals surface area contributed by atoms with Gasteiger partial charge in [0.05, 0.1) is 5.52 Å². The lowest BCUT2D eigenvalue weighted by Crippen LogP contribution is -2.33. The quantitative estimate of drug-likeness (QED) is 0.268. The van der Waals surface area contributed by atoms with Gasteiger partial charge in [0.25, 0.3) is 5.91 Å². The van der Waals surface area contributed by atoms with E-state index in [0.29, 0.717) is 23.9 Å². The average molecular weight is 531 g/mol. The number of carbonyl (C=O) groups excluding carboxylic acids is 2. The Kier molecular flexibility index (Phi) is 9.38. The number of ether oxygens (including phenoxy) is 1. The second-order valence-electron chi connectivity index (χ2n) is 8.52. The number of likely N-dealkylation sites (tertiary alicyclic amines) is 1. The van der Waals surface area contributed by atoms with Gasteiger partial charge in [-0.25, -0.2) is 4.98 Å². The van der Waals surface area contributed by atoms with Crippen LogP contribution < -0.4 is 21.1 Å². The van der Waals surface area contributed by atoms with E-state index in [2.05, 4.69) is 37.8 Å². The summed E-state index contributed by atoms with van der Waals surface area (Å²) < 4.78 is 6.91. The van der Waals surface area contributed by atoms with Crippen molar-refractivity contribution in [2.24, 2.45) is 5.73 Å². The number of hydrogen-bond donors (Lipinski definition) is 3. The molecular formula is C28H30N6O3S. The van der Waals surface area contributed by atoms with Crippen LogP contribution in [0.25, 0.3) is 10.2 Å². The van der Waals surface area contributed by atoms with Gasteiger partial charge in [-0.05, 0) is 79.9 Å². The maximum absolute atomic E-state index is 12.4. The molecule has 4 aromatic rings. The fraction of sp³-hybridized carbons (Fsp3) is 0.214. The number of benzene rings is 2. The van der Waals surface area contributed by atoms with Crippen molar-refractivity contribution in [1.29, 1.82) is 0 Å². The Morgan fingerprint density at radius 3 is 2.45 bits per heavy atom. The van der Waals surface area contributed by atoms with Crippen LogP contribution in [-0.4, -0.2) is 52.9 Å². The minimum atomic E-state index is -0.481. The smallest absolute Gasteiger partial charge is 0.251 e. The van der Waals surface area contributed by atoms with Gasteiger partial charge in [0.2, 0.25) is 17.7 Å². The van der Waals surface area contributed by atoms with Gasteiger partial charge < -0.3 is 26.0 Å². The maximum atomic E-state index is 12.4. The summed E-state index contributed by atoms with van der Waals surface area (Å²) in [5.74, 6) is 1.13. The number of aromatic nitrogens is 2. The summed E-state index contributed by atoms with van der Waals surface area (Å²) in [6.45, 7) is 6.92. The van der Waals surface area contributed by atoms with Crippen LogP contribution in [0.4, 0.5) is 11.6 Å². The number of para-hydroxylation sites is 1. The topological polar surface area (TPSA) is 122 Å². The Bertz CT molecular complexity index is 1370. The molecule has 196 valence electrons. The van der Waals surface area contributed by atoms with E-state index in [0.717, 1.165) is 47.4 Å². The van der Waals surface area contributed by atoms with E-state index in [1.165, 1.54) is 12.8 Å². The van der Waals surface area contributed by atoms with Crippen LogP contribution in [0.2, 0.25) is 0 Å². The first-order valence-corrected chi connectivity index (χ1v) is 13.2. The molecule has 38 heavy (non-hydrogen) atoms. The maximum Gasteiger partial charge on any atom is 0.251 e. The Labute approximate surface area is 225 Å². The molecule has 0 atom stereocenters. The highest BCUT2D eigenvalue weighted by Crippen LogP contribution is 2.32. The van der Waals surface area contributed by atoms with Gasteiger partial charge in [-0.2, -0.15) is 4.98 Å².